The molecule has 1 N–H and O–H groups in total. The zero-order chi connectivity index (χ0) is 14.9. The summed E-state index contributed by atoms with van der Waals surface area (Å²) in [6.07, 6.45) is 5.46. The Balaban J connectivity index is 1.53. The number of nitrogens with one attached hydrogen (secondary N) is 1. The zero-order valence-corrected chi connectivity index (χ0v) is 13.7. The Kier molecular flexibility index (Phi) is 4.00. The van der Waals surface area contributed by atoms with Gasteiger partial charge in [-0.25, -0.2) is 0 Å². The predicted molar refractivity (Wildman–Crippen MR) is 87.6 cm³/mol. The average Bonchev–Trinajstić information content (AvgIpc) is 3.05. The van der Waals surface area contributed by atoms with Crippen LogP contribution < -0.4 is 10.1 Å². The molecule has 2 aliphatic rings. The summed E-state index contributed by atoms with van der Waals surface area (Å²) in [6.45, 7) is 8.77. The molecular weight excluding hydrogens is 258 g/mol. The second-order valence-corrected chi connectivity index (χ2v) is 8.18. The predicted octanol–water partition coefficient (Wildman–Crippen LogP) is 4.26. The van der Waals surface area contributed by atoms with Gasteiger partial charge in [0.05, 0.1) is 6.61 Å². The van der Waals surface area contributed by atoms with Crippen LogP contribution in [0.2, 0.25) is 0 Å². The van der Waals surface area contributed by atoms with E-state index in [1.807, 2.05) is 30.3 Å². The second-order valence-electron chi connectivity index (χ2n) is 8.18. The molecule has 0 radical (unpaired) electrons. The van der Waals surface area contributed by atoms with Gasteiger partial charge in [-0.3, -0.25) is 0 Å². The van der Waals surface area contributed by atoms with Gasteiger partial charge in [-0.2, -0.15) is 0 Å². The Morgan fingerprint density at radius 3 is 2.43 bits per heavy atom. The van der Waals surface area contributed by atoms with Gasteiger partial charge in [-0.05, 0) is 75.8 Å². The maximum absolute atomic E-state index is 5.95. The molecule has 2 fully saturated rings. The Labute approximate surface area is 129 Å². The van der Waals surface area contributed by atoms with E-state index in [4.69, 9.17) is 4.74 Å². The molecule has 2 atom stereocenters. The monoisotopic (exact) mass is 287 g/mol. The number of fused-ring (bicyclic) bond motifs is 1. The molecule has 2 saturated carbocycles. The number of benzene rings is 1. The molecule has 1 aromatic carbocycles. The van der Waals surface area contributed by atoms with Gasteiger partial charge in [-0.1, -0.05) is 18.2 Å². The minimum atomic E-state index is 0.208. The fourth-order valence-corrected chi connectivity index (χ4v) is 3.80. The summed E-state index contributed by atoms with van der Waals surface area (Å²) < 4.78 is 5.95. The molecule has 0 saturated heterocycles. The van der Waals surface area contributed by atoms with E-state index in [-0.39, 0.29) is 5.54 Å². The van der Waals surface area contributed by atoms with E-state index in [2.05, 4.69) is 26.1 Å². The topological polar surface area (TPSA) is 21.3 Å². The maximum atomic E-state index is 5.95. The Hall–Kier alpha value is -1.02. The van der Waals surface area contributed by atoms with E-state index >= 15 is 0 Å². The summed E-state index contributed by atoms with van der Waals surface area (Å²) in [6, 6.07) is 10.2. The minimum Gasteiger partial charge on any atom is -0.494 e. The molecule has 116 valence electrons. The fraction of sp³-hybridized carbons (Fsp3) is 0.684. The highest BCUT2D eigenvalue weighted by Gasteiger charge is 2.53. The van der Waals surface area contributed by atoms with Crippen LogP contribution in [0.15, 0.2) is 30.3 Å². The molecule has 0 amide bonds. The lowest BCUT2D eigenvalue weighted by Gasteiger charge is -2.35. The molecule has 2 aliphatic carbocycles. The van der Waals surface area contributed by atoms with Crippen LogP contribution in [0, 0.1) is 17.3 Å². The maximum Gasteiger partial charge on any atom is 0.119 e. The summed E-state index contributed by atoms with van der Waals surface area (Å²) in [5.74, 6) is 3.03. The molecule has 21 heavy (non-hydrogen) atoms. The summed E-state index contributed by atoms with van der Waals surface area (Å²) in [5.41, 5.74) is 0.676. The third kappa shape index (κ3) is 4.00. The summed E-state index contributed by atoms with van der Waals surface area (Å²) in [4.78, 5) is 0. The van der Waals surface area contributed by atoms with Crippen molar-refractivity contribution in [1.29, 1.82) is 0 Å². The lowest BCUT2D eigenvalue weighted by Crippen LogP contribution is -2.44. The standard InChI is InChI=1S/C19H29NO/c1-18(2,3)20-14-19(12-15-11-16(15)13-19)9-10-21-17-7-5-4-6-8-17/h4-8,15-16,20H,9-14H2,1-3H3. The molecular formula is C19H29NO. The van der Waals surface area contributed by atoms with E-state index in [9.17, 15) is 0 Å². The fourth-order valence-electron chi connectivity index (χ4n) is 3.80. The minimum absolute atomic E-state index is 0.208. The normalized spacial score (nSPS) is 31.0. The quantitative estimate of drug-likeness (QED) is 0.844. The molecule has 3 rings (SSSR count). The van der Waals surface area contributed by atoms with Gasteiger partial charge >= 0.3 is 0 Å². The number of hydrogen-bond donors (Lipinski definition) is 1. The molecule has 0 aliphatic heterocycles. The zero-order valence-electron chi connectivity index (χ0n) is 13.7. The van der Waals surface area contributed by atoms with Crippen molar-refractivity contribution in [3.63, 3.8) is 0 Å². The van der Waals surface area contributed by atoms with Crippen molar-refractivity contribution < 1.29 is 4.74 Å². The number of rotatable bonds is 6. The molecule has 0 heterocycles. The van der Waals surface area contributed by atoms with Gasteiger partial charge < -0.3 is 10.1 Å². The van der Waals surface area contributed by atoms with Crippen LogP contribution in [-0.4, -0.2) is 18.7 Å². The SMILES string of the molecule is CC(C)(C)NCC1(CCOc2ccccc2)CC2CC2C1. The van der Waals surface area contributed by atoms with Gasteiger partial charge in [0.15, 0.2) is 0 Å². The van der Waals surface area contributed by atoms with Crippen molar-refractivity contribution in [3.05, 3.63) is 30.3 Å². The summed E-state index contributed by atoms with van der Waals surface area (Å²) in [5, 5.41) is 3.74. The van der Waals surface area contributed by atoms with Crippen LogP contribution in [0.4, 0.5) is 0 Å². The van der Waals surface area contributed by atoms with Crippen molar-refractivity contribution in [2.75, 3.05) is 13.2 Å². The Morgan fingerprint density at radius 1 is 1.14 bits per heavy atom. The van der Waals surface area contributed by atoms with Gasteiger partial charge in [0.1, 0.15) is 5.75 Å². The van der Waals surface area contributed by atoms with Crippen molar-refractivity contribution in [1.82, 2.24) is 5.32 Å². The first-order chi connectivity index (χ1) is 9.96. The Bertz CT molecular complexity index is 452. The van der Waals surface area contributed by atoms with Gasteiger partial charge in [0.2, 0.25) is 0 Å². The number of para-hydroxylation sites is 1. The van der Waals surface area contributed by atoms with Gasteiger partial charge in [0, 0.05) is 12.1 Å². The van der Waals surface area contributed by atoms with E-state index in [0.29, 0.717) is 5.41 Å². The van der Waals surface area contributed by atoms with Crippen molar-refractivity contribution in [3.8, 4) is 5.75 Å². The van der Waals surface area contributed by atoms with Gasteiger partial charge in [-0.15, -0.1) is 0 Å². The first-order valence-electron chi connectivity index (χ1n) is 8.39. The third-order valence-electron chi connectivity index (χ3n) is 5.10. The summed E-state index contributed by atoms with van der Waals surface area (Å²) in [7, 11) is 0. The molecule has 2 unspecified atom stereocenters. The molecule has 2 heteroatoms. The van der Waals surface area contributed by atoms with Crippen molar-refractivity contribution in [2.45, 2.75) is 52.0 Å². The largest absolute Gasteiger partial charge is 0.494 e. The second kappa shape index (κ2) is 5.64. The van der Waals surface area contributed by atoms with Crippen LogP contribution in [0.5, 0.6) is 5.75 Å². The summed E-state index contributed by atoms with van der Waals surface area (Å²) >= 11 is 0. The highest BCUT2D eigenvalue weighted by atomic mass is 16.5. The van der Waals surface area contributed by atoms with Crippen LogP contribution >= 0.6 is 0 Å². The molecule has 2 nitrogen and oxygen atoms in total. The van der Waals surface area contributed by atoms with Crippen LogP contribution in [0.3, 0.4) is 0 Å². The first-order valence-corrected chi connectivity index (χ1v) is 8.39. The van der Waals surface area contributed by atoms with E-state index in [1.165, 1.54) is 25.7 Å². The lowest BCUT2D eigenvalue weighted by atomic mass is 9.79. The van der Waals surface area contributed by atoms with Crippen LogP contribution in [0.1, 0.15) is 46.5 Å². The average molecular weight is 287 g/mol. The highest BCUT2D eigenvalue weighted by molar-refractivity contribution is 5.20. The van der Waals surface area contributed by atoms with Crippen LogP contribution in [-0.2, 0) is 0 Å². The van der Waals surface area contributed by atoms with E-state index in [0.717, 1.165) is 30.7 Å². The smallest absolute Gasteiger partial charge is 0.119 e. The van der Waals surface area contributed by atoms with Crippen molar-refractivity contribution >= 4 is 0 Å². The lowest BCUT2D eigenvalue weighted by molar-refractivity contribution is 0.164. The Morgan fingerprint density at radius 2 is 1.81 bits per heavy atom. The van der Waals surface area contributed by atoms with Gasteiger partial charge in [0.25, 0.3) is 0 Å². The van der Waals surface area contributed by atoms with Crippen molar-refractivity contribution in [2.24, 2.45) is 17.3 Å². The first kappa shape index (κ1) is 14.9. The number of hydrogen-bond acceptors (Lipinski definition) is 2. The molecule has 1 aromatic rings. The third-order valence-corrected chi connectivity index (χ3v) is 5.10. The van der Waals surface area contributed by atoms with E-state index < -0.39 is 0 Å². The van der Waals surface area contributed by atoms with Crippen LogP contribution in [0.25, 0.3) is 0 Å². The molecule has 0 aromatic heterocycles. The number of ether oxygens (including phenoxy) is 1. The molecule has 0 spiro atoms. The highest BCUT2D eigenvalue weighted by Crippen LogP contribution is 2.60. The van der Waals surface area contributed by atoms with E-state index in [1.54, 1.807) is 0 Å². The molecule has 0 bridgehead atoms.